The molecule has 1 N–H and O–H groups in total. The van der Waals surface area contributed by atoms with Crippen molar-refractivity contribution >= 4 is 5.91 Å². The predicted molar refractivity (Wildman–Crippen MR) is 62.6 cm³/mol. The Kier molecular flexibility index (Phi) is 5.88. The van der Waals surface area contributed by atoms with E-state index in [0.29, 0.717) is 25.4 Å². The monoisotopic (exact) mass is 215 g/mol. The van der Waals surface area contributed by atoms with E-state index in [1.54, 1.807) is 11.8 Å². The molecule has 0 aliphatic carbocycles. The van der Waals surface area contributed by atoms with Crippen molar-refractivity contribution in [1.29, 1.82) is 0 Å². The van der Waals surface area contributed by atoms with Crippen LogP contribution in [0.25, 0.3) is 0 Å². The van der Waals surface area contributed by atoms with Gasteiger partial charge in [0.2, 0.25) is 0 Å². The van der Waals surface area contributed by atoms with E-state index in [9.17, 15) is 9.90 Å². The maximum Gasteiger partial charge on any atom is 0.254 e. The molecule has 0 fully saturated rings. The maximum absolute atomic E-state index is 11.9. The molecule has 0 aromatic rings. The van der Waals surface area contributed by atoms with Gasteiger partial charge in [0.05, 0.1) is 0 Å². The van der Waals surface area contributed by atoms with Crippen molar-refractivity contribution in [3.8, 4) is 0 Å². The largest absolute Gasteiger partial charge is 0.380 e. The fourth-order valence-corrected chi connectivity index (χ4v) is 1.53. The van der Waals surface area contributed by atoms with Crippen molar-refractivity contribution in [3.05, 3.63) is 0 Å². The molecular weight excluding hydrogens is 190 g/mol. The van der Waals surface area contributed by atoms with E-state index >= 15 is 0 Å². The van der Waals surface area contributed by atoms with Crippen molar-refractivity contribution in [3.63, 3.8) is 0 Å². The Hall–Kier alpha value is -0.570. The summed E-state index contributed by atoms with van der Waals surface area (Å²) in [6.45, 7) is 11.0. The van der Waals surface area contributed by atoms with E-state index in [-0.39, 0.29) is 5.91 Å². The molecule has 1 unspecified atom stereocenters. The predicted octanol–water partition coefficient (Wildman–Crippen LogP) is 2.04. The molecular formula is C12H25NO2. The van der Waals surface area contributed by atoms with Crippen LogP contribution in [0.1, 0.15) is 47.5 Å². The lowest BCUT2D eigenvalue weighted by Gasteiger charge is -2.29. The van der Waals surface area contributed by atoms with Crippen LogP contribution in [0.5, 0.6) is 0 Å². The van der Waals surface area contributed by atoms with Gasteiger partial charge in [-0.15, -0.1) is 0 Å². The number of aliphatic hydroxyl groups is 1. The highest BCUT2D eigenvalue weighted by Crippen LogP contribution is 2.18. The third-order valence-corrected chi connectivity index (χ3v) is 2.72. The van der Waals surface area contributed by atoms with Gasteiger partial charge in [-0.2, -0.15) is 0 Å². The van der Waals surface area contributed by atoms with Crippen molar-refractivity contribution in [2.45, 2.75) is 53.1 Å². The summed E-state index contributed by atoms with van der Waals surface area (Å²) >= 11 is 0. The second kappa shape index (κ2) is 6.11. The summed E-state index contributed by atoms with van der Waals surface area (Å²) in [5.41, 5.74) is -1.20. The third kappa shape index (κ3) is 4.65. The first-order valence-corrected chi connectivity index (χ1v) is 5.86. The van der Waals surface area contributed by atoms with Crippen molar-refractivity contribution < 1.29 is 9.90 Å². The van der Waals surface area contributed by atoms with Crippen LogP contribution in [0.4, 0.5) is 0 Å². The van der Waals surface area contributed by atoms with E-state index in [1.165, 1.54) is 0 Å². The number of likely N-dealkylation sites (N-methyl/N-ethyl adjacent to an activating group) is 1. The smallest absolute Gasteiger partial charge is 0.254 e. The van der Waals surface area contributed by atoms with E-state index < -0.39 is 5.60 Å². The summed E-state index contributed by atoms with van der Waals surface area (Å²) in [4.78, 5) is 13.6. The molecule has 15 heavy (non-hydrogen) atoms. The average molecular weight is 215 g/mol. The maximum atomic E-state index is 11.9. The number of hydrogen-bond donors (Lipinski definition) is 1. The number of nitrogens with zero attached hydrogens (tertiary/aromatic N) is 1. The number of rotatable bonds is 6. The summed E-state index contributed by atoms with van der Waals surface area (Å²) in [7, 11) is 0. The zero-order chi connectivity index (χ0) is 12.1. The highest BCUT2D eigenvalue weighted by Gasteiger charge is 2.32. The summed E-state index contributed by atoms with van der Waals surface area (Å²) in [6.07, 6.45) is 1.42. The second-order valence-electron chi connectivity index (χ2n) is 4.68. The standard InChI is InChI=1S/C12H25NO2/c1-6-13(7-2)11(14)12(5,15)9-8-10(3)4/h10,15H,6-9H2,1-5H3. The normalized spacial score (nSPS) is 15.1. The van der Waals surface area contributed by atoms with Crippen LogP contribution in [0.3, 0.4) is 0 Å². The number of carbonyl (C=O) groups is 1. The van der Waals surface area contributed by atoms with Crippen LogP contribution >= 0.6 is 0 Å². The molecule has 0 bridgehead atoms. The Morgan fingerprint density at radius 2 is 1.80 bits per heavy atom. The van der Waals surface area contributed by atoms with Crippen LogP contribution in [-0.2, 0) is 4.79 Å². The van der Waals surface area contributed by atoms with Gasteiger partial charge in [0, 0.05) is 13.1 Å². The molecule has 0 rings (SSSR count). The molecule has 3 nitrogen and oxygen atoms in total. The minimum absolute atomic E-state index is 0.145. The fourth-order valence-electron chi connectivity index (χ4n) is 1.53. The Morgan fingerprint density at radius 1 is 1.33 bits per heavy atom. The lowest BCUT2D eigenvalue weighted by atomic mass is 9.94. The molecule has 0 spiro atoms. The van der Waals surface area contributed by atoms with Crippen molar-refractivity contribution in [2.75, 3.05) is 13.1 Å². The van der Waals surface area contributed by atoms with E-state index in [0.717, 1.165) is 6.42 Å². The average Bonchev–Trinajstić information content (AvgIpc) is 2.16. The van der Waals surface area contributed by atoms with Gasteiger partial charge < -0.3 is 10.0 Å². The molecule has 0 saturated carbocycles. The number of amides is 1. The first kappa shape index (κ1) is 14.4. The lowest BCUT2D eigenvalue weighted by Crippen LogP contribution is -2.47. The molecule has 3 heteroatoms. The van der Waals surface area contributed by atoms with E-state index in [4.69, 9.17) is 0 Å². The van der Waals surface area contributed by atoms with Gasteiger partial charge >= 0.3 is 0 Å². The Balaban J connectivity index is 4.36. The second-order valence-corrected chi connectivity index (χ2v) is 4.68. The number of carbonyl (C=O) groups excluding carboxylic acids is 1. The van der Waals surface area contributed by atoms with Crippen molar-refractivity contribution in [1.82, 2.24) is 4.90 Å². The highest BCUT2D eigenvalue weighted by molar-refractivity contribution is 5.84. The van der Waals surface area contributed by atoms with Crippen LogP contribution in [-0.4, -0.2) is 34.6 Å². The summed E-state index contributed by atoms with van der Waals surface area (Å²) < 4.78 is 0. The molecule has 0 aliphatic rings. The highest BCUT2D eigenvalue weighted by atomic mass is 16.3. The molecule has 0 heterocycles. The van der Waals surface area contributed by atoms with Crippen molar-refractivity contribution in [2.24, 2.45) is 5.92 Å². The Labute approximate surface area is 93.5 Å². The van der Waals surface area contributed by atoms with Gasteiger partial charge in [0.1, 0.15) is 5.60 Å². The third-order valence-electron chi connectivity index (χ3n) is 2.72. The van der Waals surface area contributed by atoms with Gasteiger partial charge in [0.25, 0.3) is 5.91 Å². The lowest BCUT2D eigenvalue weighted by molar-refractivity contribution is -0.150. The van der Waals surface area contributed by atoms with Gasteiger partial charge in [-0.1, -0.05) is 13.8 Å². The first-order chi connectivity index (χ1) is 6.85. The summed E-state index contributed by atoms with van der Waals surface area (Å²) in [5.74, 6) is 0.370. The van der Waals surface area contributed by atoms with Gasteiger partial charge in [-0.3, -0.25) is 4.79 Å². The summed E-state index contributed by atoms with van der Waals surface area (Å²) in [6, 6.07) is 0. The zero-order valence-electron chi connectivity index (χ0n) is 10.7. The minimum Gasteiger partial charge on any atom is -0.380 e. The molecule has 0 radical (unpaired) electrons. The molecule has 1 amide bonds. The SMILES string of the molecule is CCN(CC)C(=O)C(C)(O)CCC(C)C. The fraction of sp³-hybridized carbons (Fsp3) is 0.917. The van der Waals surface area contributed by atoms with Gasteiger partial charge in [0.15, 0.2) is 0 Å². The Bertz CT molecular complexity index is 196. The van der Waals surface area contributed by atoms with Crippen LogP contribution < -0.4 is 0 Å². The van der Waals surface area contributed by atoms with Gasteiger partial charge in [-0.25, -0.2) is 0 Å². The molecule has 0 aromatic carbocycles. The topological polar surface area (TPSA) is 40.5 Å². The van der Waals surface area contributed by atoms with Crippen LogP contribution in [0, 0.1) is 5.92 Å². The first-order valence-electron chi connectivity index (χ1n) is 5.86. The quantitative estimate of drug-likeness (QED) is 0.736. The zero-order valence-corrected chi connectivity index (χ0v) is 10.7. The molecule has 90 valence electrons. The Morgan fingerprint density at radius 3 is 2.13 bits per heavy atom. The molecule has 0 aromatic heterocycles. The minimum atomic E-state index is -1.20. The summed E-state index contributed by atoms with van der Waals surface area (Å²) in [5, 5.41) is 10.1. The number of hydrogen-bond acceptors (Lipinski definition) is 2. The molecule has 0 saturated heterocycles. The molecule has 1 atom stereocenters. The van der Waals surface area contributed by atoms with Crippen LogP contribution in [0.2, 0.25) is 0 Å². The van der Waals surface area contributed by atoms with E-state index in [2.05, 4.69) is 13.8 Å². The van der Waals surface area contributed by atoms with Gasteiger partial charge in [-0.05, 0) is 39.5 Å². The van der Waals surface area contributed by atoms with E-state index in [1.807, 2.05) is 13.8 Å². The van der Waals surface area contributed by atoms with Crippen LogP contribution in [0.15, 0.2) is 0 Å². The molecule has 0 aliphatic heterocycles.